The first kappa shape index (κ1) is 13.1. The molecule has 102 valence electrons. The highest BCUT2D eigenvalue weighted by atomic mass is 16.5. The first-order valence-electron chi connectivity index (χ1n) is 5.95. The molecule has 0 saturated carbocycles. The summed E-state index contributed by atoms with van der Waals surface area (Å²) in [4.78, 5) is 13.8. The molecule has 0 unspecified atom stereocenters. The first-order valence-corrected chi connectivity index (χ1v) is 5.95. The number of amides is 1. The molecule has 0 aliphatic carbocycles. The number of anilines is 1. The summed E-state index contributed by atoms with van der Waals surface area (Å²) in [5.74, 6) is 0.388. The molecule has 0 fully saturated rings. The molecule has 1 amide bonds. The van der Waals surface area contributed by atoms with Crippen molar-refractivity contribution in [2.24, 2.45) is 0 Å². The van der Waals surface area contributed by atoms with Gasteiger partial charge in [-0.3, -0.25) is 4.79 Å². The van der Waals surface area contributed by atoms with Crippen molar-refractivity contribution in [3.05, 3.63) is 29.8 Å². The van der Waals surface area contributed by atoms with E-state index in [1.54, 1.807) is 24.1 Å². The number of nitrogen functional groups attached to an aromatic ring is 1. The SMILES string of the molecule is Cc1cc(N)n(CC(=O)N(C)[C@H](C)c2ccon2)n1. The predicted molar refractivity (Wildman–Crippen MR) is 69.1 cm³/mol. The Labute approximate surface area is 111 Å². The second-order valence-corrected chi connectivity index (χ2v) is 4.47. The van der Waals surface area contributed by atoms with Gasteiger partial charge in [-0.25, -0.2) is 4.68 Å². The van der Waals surface area contributed by atoms with Gasteiger partial charge in [0, 0.05) is 19.2 Å². The second-order valence-electron chi connectivity index (χ2n) is 4.47. The molecule has 2 aromatic heterocycles. The van der Waals surface area contributed by atoms with Crippen LogP contribution < -0.4 is 5.73 Å². The van der Waals surface area contributed by atoms with Crippen LogP contribution in [0, 0.1) is 6.92 Å². The highest BCUT2D eigenvalue weighted by Crippen LogP contribution is 2.17. The first-order chi connectivity index (χ1) is 8.99. The second kappa shape index (κ2) is 5.13. The number of aromatic nitrogens is 3. The molecule has 2 aromatic rings. The topological polar surface area (TPSA) is 90.2 Å². The third kappa shape index (κ3) is 2.75. The Morgan fingerprint density at radius 2 is 2.37 bits per heavy atom. The lowest BCUT2D eigenvalue weighted by atomic mass is 10.2. The lowest BCUT2D eigenvalue weighted by Crippen LogP contribution is -2.33. The smallest absolute Gasteiger partial charge is 0.244 e. The van der Waals surface area contributed by atoms with Crippen LogP contribution in [-0.4, -0.2) is 32.8 Å². The van der Waals surface area contributed by atoms with E-state index in [1.165, 1.54) is 10.9 Å². The average molecular weight is 263 g/mol. The molecule has 7 nitrogen and oxygen atoms in total. The van der Waals surface area contributed by atoms with E-state index in [-0.39, 0.29) is 18.5 Å². The molecule has 0 aromatic carbocycles. The van der Waals surface area contributed by atoms with E-state index in [0.717, 1.165) is 5.69 Å². The number of hydrogen-bond acceptors (Lipinski definition) is 5. The van der Waals surface area contributed by atoms with Crippen LogP contribution in [0.1, 0.15) is 24.4 Å². The molecule has 0 saturated heterocycles. The Bertz CT molecular complexity index is 561. The molecule has 2 rings (SSSR count). The standard InChI is InChI=1S/C12H17N5O2/c1-8-6-11(13)17(14-8)7-12(18)16(3)9(2)10-4-5-19-15-10/h4-6,9H,7,13H2,1-3H3/t9-/m1/s1. The van der Waals surface area contributed by atoms with Crippen LogP contribution in [0.3, 0.4) is 0 Å². The average Bonchev–Trinajstić information content (AvgIpc) is 2.98. The van der Waals surface area contributed by atoms with E-state index in [1.807, 2.05) is 13.8 Å². The zero-order chi connectivity index (χ0) is 14.0. The highest BCUT2D eigenvalue weighted by molar-refractivity contribution is 5.76. The number of hydrogen-bond donors (Lipinski definition) is 1. The normalized spacial score (nSPS) is 12.4. The quantitative estimate of drug-likeness (QED) is 0.888. The van der Waals surface area contributed by atoms with Crippen LogP contribution in [0.25, 0.3) is 0 Å². The van der Waals surface area contributed by atoms with Gasteiger partial charge in [0.15, 0.2) is 0 Å². The number of aryl methyl sites for hydroxylation is 1. The zero-order valence-electron chi connectivity index (χ0n) is 11.2. The molecule has 7 heteroatoms. The minimum atomic E-state index is -0.163. The summed E-state index contributed by atoms with van der Waals surface area (Å²) in [5.41, 5.74) is 7.26. The largest absolute Gasteiger partial charge is 0.384 e. The van der Waals surface area contributed by atoms with E-state index >= 15 is 0 Å². The van der Waals surface area contributed by atoms with Crippen LogP contribution in [-0.2, 0) is 11.3 Å². The van der Waals surface area contributed by atoms with E-state index < -0.39 is 0 Å². The van der Waals surface area contributed by atoms with Crippen molar-refractivity contribution < 1.29 is 9.32 Å². The van der Waals surface area contributed by atoms with Crippen LogP contribution >= 0.6 is 0 Å². The Balaban J connectivity index is 2.05. The van der Waals surface area contributed by atoms with Crippen molar-refractivity contribution in [1.82, 2.24) is 19.8 Å². The van der Waals surface area contributed by atoms with Crippen molar-refractivity contribution in [3.8, 4) is 0 Å². The Morgan fingerprint density at radius 1 is 1.63 bits per heavy atom. The zero-order valence-corrected chi connectivity index (χ0v) is 11.2. The number of nitrogens with two attached hydrogens (primary N) is 1. The van der Waals surface area contributed by atoms with Gasteiger partial charge in [0.05, 0.1) is 11.7 Å². The van der Waals surface area contributed by atoms with E-state index in [9.17, 15) is 4.79 Å². The van der Waals surface area contributed by atoms with Crippen LogP contribution in [0.2, 0.25) is 0 Å². The fourth-order valence-electron chi connectivity index (χ4n) is 1.78. The van der Waals surface area contributed by atoms with Gasteiger partial charge >= 0.3 is 0 Å². The summed E-state index contributed by atoms with van der Waals surface area (Å²) in [7, 11) is 1.72. The van der Waals surface area contributed by atoms with Crippen LogP contribution in [0.5, 0.6) is 0 Å². The Hall–Kier alpha value is -2.31. The van der Waals surface area contributed by atoms with Crippen LogP contribution in [0.15, 0.2) is 22.9 Å². The third-order valence-corrected chi connectivity index (χ3v) is 3.08. The summed E-state index contributed by atoms with van der Waals surface area (Å²) in [6.45, 7) is 3.82. The third-order valence-electron chi connectivity index (χ3n) is 3.08. The Morgan fingerprint density at radius 3 is 2.89 bits per heavy atom. The fraction of sp³-hybridized carbons (Fsp3) is 0.417. The number of carbonyl (C=O) groups excluding carboxylic acids is 1. The maximum atomic E-state index is 12.2. The van der Waals surface area contributed by atoms with Gasteiger partial charge in [0.25, 0.3) is 0 Å². The number of carbonyl (C=O) groups is 1. The number of likely N-dealkylation sites (N-methyl/N-ethyl adjacent to an activating group) is 1. The van der Waals surface area contributed by atoms with Crippen molar-refractivity contribution in [2.45, 2.75) is 26.4 Å². The summed E-state index contributed by atoms with van der Waals surface area (Å²) in [6.07, 6.45) is 1.49. The summed E-state index contributed by atoms with van der Waals surface area (Å²) in [5, 5.41) is 8.00. The highest BCUT2D eigenvalue weighted by Gasteiger charge is 2.20. The lowest BCUT2D eigenvalue weighted by molar-refractivity contribution is -0.132. The van der Waals surface area contributed by atoms with Gasteiger partial charge < -0.3 is 15.2 Å². The molecular formula is C12H17N5O2. The molecule has 19 heavy (non-hydrogen) atoms. The van der Waals surface area contributed by atoms with Crippen molar-refractivity contribution >= 4 is 11.7 Å². The lowest BCUT2D eigenvalue weighted by Gasteiger charge is -2.23. The molecule has 0 bridgehead atoms. The van der Waals surface area contributed by atoms with Gasteiger partial charge in [-0.2, -0.15) is 5.10 Å². The molecule has 0 aliphatic rings. The van der Waals surface area contributed by atoms with E-state index in [0.29, 0.717) is 11.5 Å². The maximum absolute atomic E-state index is 12.2. The monoisotopic (exact) mass is 263 g/mol. The molecule has 0 aliphatic heterocycles. The predicted octanol–water partition coefficient (Wildman–Crippen LogP) is 0.981. The van der Waals surface area contributed by atoms with Gasteiger partial charge in [-0.05, 0) is 13.8 Å². The molecular weight excluding hydrogens is 246 g/mol. The van der Waals surface area contributed by atoms with Crippen LogP contribution in [0.4, 0.5) is 5.82 Å². The van der Waals surface area contributed by atoms with Crippen molar-refractivity contribution in [3.63, 3.8) is 0 Å². The Kier molecular flexibility index (Phi) is 3.55. The van der Waals surface area contributed by atoms with Gasteiger partial charge in [-0.15, -0.1) is 0 Å². The number of rotatable bonds is 4. The van der Waals surface area contributed by atoms with Gasteiger partial charge in [0.2, 0.25) is 5.91 Å². The molecule has 2 N–H and O–H groups in total. The summed E-state index contributed by atoms with van der Waals surface area (Å²) in [6, 6.07) is 3.30. The molecule has 0 spiro atoms. The van der Waals surface area contributed by atoms with Crippen molar-refractivity contribution in [2.75, 3.05) is 12.8 Å². The fourth-order valence-corrected chi connectivity index (χ4v) is 1.78. The molecule has 0 radical (unpaired) electrons. The minimum absolute atomic E-state index is 0.0923. The molecule has 1 atom stereocenters. The molecule has 2 heterocycles. The van der Waals surface area contributed by atoms with E-state index in [2.05, 4.69) is 10.3 Å². The minimum Gasteiger partial charge on any atom is -0.384 e. The number of nitrogens with zero attached hydrogens (tertiary/aromatic N) is 4. The van der Waals surface area contributed by atoms with Crippen molar-refractivity contribution in [1.29, 1.82) is 0 Å². The summed E-state index contributed by atoms with van der Waals surface area (Å²) < 4.78 is 6.27. The summed E-state index contributed by atoms with van der Waals surface area (Å²) >= 11 is 0. The van der Waals surface area contributed by atoms with E-state index in [4.69, 9.17) is 10.3 Å². The van der Waals surface area contributed by atoms with Gasteiger partial charge in [-0.1, -0.05) is 5.16 Å². The van der Waals surface area contributed by atoms with Gasteiger partial charge in [0.1, 0.15) is 24.3 Å². The maximum Gasteiger partial charge on any atom is 0.244 e.